The number of carbonyl (C=O) groups is 1. The lowest BCUT2D eigenvalue weighted by molar-refractivity contribution is -0.130. The predicted molar refractivity (Wildman–Crippen MR) is 82.0 cm³/mol. The topological polar surface area (TPSA) is 50.2 Å². The van der Waals surface area contributed by atoms with Crippen LogP contribution in [0.5, 0.6) is 0 Å². The third-order valence-electron chi connectivity index (χ3n) is 3.96. The van der Waals surface area contributed by atoms with E-state index in [1.165, 1.54) is 5.56 Å². The highest BCUT2D eigenvalue weighted by Gasteiger charge is 2.25. The Labute approximate surface area is 124 Å². The molecule has 3 rings (SSSR count). The first-order valence-electron chi connectivity index (χ1n) is 7.18. The van der Waals surface area contributed by atoms with E-state index in [2.05, 4.69) is 22.5 Å². The second-order valence-electron chi connectivity index (χ2n) is 5.64. The average molecular weight is 284 g/mol. The zero-order valence-electron chi connectivity index (χ0n) is 12.4. The number of hydrogen-bond acceptors (Lipinski definition) is 3. The zero-order chi connectivity index (χ0) is 14.8. The van der Waals surface area contributed by atoms with E-state index in [1.807, 2.05) is 32.4 Å². The number of nitrogens with zero attached hydrogens (tertiary/aromatic N) is 3. The molecule has 1 amide bonds. The van der Waals surface area contributed by atoms with Crippen molar-refractivity contribution in [3.05, 3.63) is 47.8 Å². The molecule has 0 spiro atoms. The van der Waals surface area contributed by atoms with E-state index in [1.54, 1.807) is 15.8 Å². The highest BCUT2D eigenvalue weighted by Crippen LogP contribution is 2.33. The van der Waals surface area contributed by atoms with Crippen molar-refractivity contribution in [3.63, 3.8) is 0 Å². The molecule has 0 bridgehead atoms. The SMILES string of the molecule is CN(Cc1cnn(C)c1)C(=O)CC1CNc2ccccc21. The molecule has 2 aromatic rings. The van der Waals surface area contributed by atoms with E-state index in [0.29, 0.717) is 13.0 Å². The minimum atomic E-state index is 0.169. The molecule has 5 heteroatoms. The average Bonchev–Trinajstić information content (AvgIpc) is 3.06. The van der Waals surface area contributed by atoms with Crippen LogP contribution in [0, 0.1) is 0 Å². The third-order valence-corrected chi connectivity index (χ3v) is 3.96. The Morgan fingerprint density at radius 2 is 2.29 bits per heavy atom. The fourth-order valence-electron chi connectivity index (χ4n) is 2.82. The van der Waals surface area contributed by atoms with Gasteiger partial charge in [0.25, 0.3) is 0 Å². The van der Waals surface area contributed by atoms with E-state index in [0.717, 1.165) is 17.8 Å². The lowest BCUT2D eigenvalue weighted by Crippen LogP contribution is -2.27. The van der Waals surface area contributed by atoms with Crippen molar-refractivity contribution >= 4 is 11.6 Å². The molecule has 0 saturated heterocycles. The predicted octanol–water partition coefficient (Wildman–Crippen LogP) is 1.98. The summed E-state index contributed by atoms with van der Waals surface area (Å²) in [4.78, 5) is 14.2. The number of aromatic nitrogens is 2. The summed E-state index contributed by atoms with van der Waals surface area (Å²) < 4.78 is 1.75. The summed E-state index contributed by atoms with van der Waals surface area (Å²) in [5, 5.41) is 7.49. The summed E-state index contributed by atoms with van der Waals surface area (Å²) >= 11 is 0. The van der Waals surface area contributed by atoms with Gasteiger partial charge in [-0.25, -0.2) is 0 Å². The maximum atomic E-state index is 12.4. The van der Waals surface area contributed by atoms with Crippen molar-refractivity contribution < 1.29 is 4.79 Å². The van der Waals surface area contributed by atoms with Crippen LogP contribution in [0.2, 0.25) is 0 Å². The molecule has 1 aliphatic heterocycles. The molecule has 1 aromatic carbocycles. The van der Waals surface area contributed by atoms with Gasteiger partial charge in [0.05, 0.1) is 6.20 Å². The summed E-state index contributed by atoms with van der Waals surface area (Å²) in [6, 6.07) is 8.22. The molecule has 0 radical (unpaired) electrons. The lowest BCUT2D eigenvalue weighted by atomic mass is 9.97. The van der Waals surface area contributed by atoms with Crippen molar-refractivity contribution in [1.29, 1.82) is 0 Å². The number of amides is 1. The van der Waals surface area contributed by atoms with E-state index in [9.17, 15) is 4.79 Å². The Morgan fingerprint density at radius 3 is 3.05 bits per heavy atom. The number of fused-ring (bicyclic) bond motifs is 1. The van der Waals surface area contributed by atoms with Crippen LogP contribution in [-0.2, 0) is 18.4 Å². The van der Waals surface area contributed by atoms with Crippen LogP contribution >= 0.6 is 0 Å². The van der Waals surface area contributed by atoms with Crippen LogP contribution in [0.1, 0.15) is 23.5 Å². The molecular formula is C16H20N4O. The summed E-state index contributed by atoms with van der Waals surface area (Å²) in [6.07, 6.45) is 4.28. The fraction of sp³-hybridized carbons (Fsp3) is 0.375. The first kappa shape index (κ1) is 13.7. The summed E-state index contributed by atoms with van der Waals surface area (Å²) in [5.41, 5.74) is 3.46. The van der Waals surface area contributed by atoms with Gasteiger partial charge in [-0.2, -0.15) is 5.10 Å². The van der Waals surface area contributed by atoms with Gasteiger partial charge in [0.15, 0.2) is 0 Å². The fourth-order valence-corrected chi connectivity index (χ4v) is 2.82. The maximum Gasteiger partial charge on any atom is 0.223 e. The molecule has 0 aliphatic carbocycles. The molecule has 1 aliphatic rings. The molecule has 1 aromatic heterocycles. The third kappa shape index (κ3) is 2.91. The molecule has 110 valence electrons. The van der Waals surface area contributed by atoms with E-state index < -0.39 is 0 Å². The standard InChI is InChI=1S/C16H20N4O/c1-19(10-12-8-18-20(2)11-12)16(21)7-13-9-17-15-6-4-3-5-14(13)15/h3-6,8,11,13,17H,7,9-10H2,1-2H3. The van der Waals surface area contributed by atoms with Gasteiger partial charge in [-0.1, -0.05) is 18.2 Å². The van der Waals surface area contributed by atoms with Gasteiger partial charge in [0.1, 0.15) is 0 Å². The van der Waals surface area contributed by atoms with Crippen molar-refractivity contribution in [2.24, 2.45) is 7.05 Å². The summed E-state index contributed by atoms with van der Waals surface area (Å²) in [5.74, 6) is 0.437. The summed E-state index contributed by atoms with van der Waals surface area (Å²) in [7, 11) is 3.73. The number of carbonyl (C=O) groups excluding carboxylic acids is 1. The van der Waals surface area contributed by atoms with E-state index in [4.69, 9.17) is 0 Å². The molecular weight excluding hydrogens is 264 g/mol. The van der Waals surface area contributed by atoms with E-state index in [-0.39, 0.29) is 11.8 Å². The van der Waals surface area contributed by atoms with Crippen molar-refractivity contribution in [2.75, 3.05) is 18.9 Å². The van der Waals surface area contributed by atoms with Crippen LogP contribution in [0.3, 0.4) is 0 Å². The minimum absolute atomic E-state index is 0.169. The van der Waals surface area contributed by atoms with Gasteiger partial charge in [-0.15, -0.1) is 0 Å². The largest absolute Gasteiger partial charge is 0.384 e. The van der Waals surface area contributed by atoms with Gasteiger partial charge >= 0.3 is 0 Å². The molecule has 5 nitrogen and oxygen atoms in total. The van der Waals surface area contributed by atoms with Crippen molar-refractivity contribution in [2.45, 2.75) is 18.9 Å². The quantitative estimate of drug-likeness (QED) is 0.934. The van der Waals surface area contributed by atoms with Crippen LogP contribution in [0.4, 0.5) is 5.69 Å². The van der Waals surface area contributed by atoms with Gasteiger partial charge in [0, 0.05) is 57.0 Å². The van der Waals surface area contributed by atoms with Crippen LogP contribution in [0.25, 0.3) is 0 Å². The normalized spacial score (nSPS) is 16.4. The highest BCUT2D eigenvalue weighted by atomic mass is 16.2. The Morgan fingerprint density at radius 1 is 1.48 bits per heavy atom. The monoisotopic (exact) mass is 284 g/mol. The molecule has 1 unspecified atom stereocenters. The first-order chi connectivity index (χ1) is 10.1. The Kier molecular flexibility index (Phi) is 3.64. The van der Waals surface area contributed by atoms with Crippen LogP contribution in [0.15, 0.2) is 36.7 Å². The van der Waals surface area contributed by atoms with E-state index >= 15 is 0 Å². The molecule has 1 N–H and O–H groups in total. The lowest BCUT2D eigenvalue weighted by Gasteiger charge is -2.18. The Bertz CT molecular complexity index is 649. The number of anilines is 1. The Hall–Kier alpha value is -2.30. The number of benzene rings is 1. The number of aryl methyl sites for hydroxylation is 1. The molecule has 21 heavy (non-hydrogen) atoms. The maximum absolute atomic E-state index is 12.4. The van der Waals surface area contributed by atoms with Crippen LogP contribution < -0.4 is 5.32 Å². The smallest absolute Gasteiger partial charge is 0.223 e. The number of rotatable bonds is 4. The van der Waals surface area contributed by atoms with Crippen molar-refractivity contribution in [1.82, 2.24) is 14.7 Å². The molecule has 1 atom stereocenters. The van der Waals surface area contributed by atoms with Gasteiger partial charge in [-0.3, -0.25) is 9.48 Å². The summed E-state index contributed by atoms with van der Waals surface area (Å²) in [6.45, 7) is 1.44. The number of nitrogens with one attached hydrogen (secondary N) is 1. The first-order valence-corrected chi connectivity index (χ1v) is 7.18. The van der Waals surface area contributed by atoms with Gasteiger partial charge in [-0.05, 0) is 11.6 Å². The molecule has 2 heterocycles. The second kappa shape index (κ2) is 5.60. The highest BCUT2D eigenvalue weighted by molar-refractivity contribution is 5.78. The minimum Gasteiger partial charge on any atom is -0.384 e. The number of para-hydroxylation sites is 1. The van der Waals surface area contributed by atoms with Gasteiger partial charge in [0.2, 0.25) is 5.91 Å². The molecule has 0 saturated carbocycles. The molecule has 0 fully saturated rings. The van der Waals surface area contributed by atoms with Gasteiger partial charge < -0.3 is 10.2 Å². The van der Waals surface area contributed by atoms with Crippen molar-refractivity contribution in [3.8, 4) is 0 Å². The number of hydrogen-bond donors (Lipinski definition) is 1. The second-order valence-corrected chi connectivity index (χ2v) is 5.64. The zero-order valence-corrected chi connectivity index (χ0v) is 12.4. The Balaban J connectivity index is 1.62. The van der Waals surface area contributed by atoms with Crippen LogP contribution in [-0.4, -0.2) is 34.2 Å².